The van der Waals surface area contributed by atoms with Crippen LogP contribution in [0.2, 0.25) is 5.02 Å². The predicted molar refractivity (Wildman–Crippen MR) is 85.6 cm³/mol. The lowest BCUT2D eigenvalue weighted by Crippen LogP contribution is -2.24. The first kappa shape index (κ1) is 16.4. The van der Waals surface area contributed by atoms with Crippen molar-refractivity contribution >= 4 is 27.5 Å². The van der Waals surface area contributed by atoms with E-state index in [2.05, 4.69) is 21.2 Å². The third-order valence-corrected chi connectivity index (χ3v) is 3.98. The molecule has 2 rings (SSSR count). The van der Waals surface area contributed by atoms with Gasteiger partial charge in [-0.3, -0.25) is 0 Å². The highest BCUT2D eigenvalue weighted by Crippen LogP contribution is 2.32. The van der Waals surface area contributed by atoms with Gasteiger partial charge >= 0.3 is 0 Å². The lowest BCUT2D eigenvalue weighted by Gasteiger charge is -2.21. The predicted octanol–water partition coefficient (Wildman–Crippen LogP) is 5.47. The fourth-order valence-corrected chi connectivity index (χ4v) is 2.75. The van der Waals surface area contributed by atoms with Crippen LogP contribution in [0.4, 0.5) is 8.78 Å². The molecule has 1 atom stereocenters. The zero-order valence-electron chi connectivity index (χ0n) is 11.5. The molecule has 0 bridgehead atoms. The van der Waals surface area contributed by atoms with Crippen molar-refractivity contribution in [2.24, 2.45) is 0 Å². The zero-order chi connectivity index (χ0) is 15.4. The van der Waals surface area contributed by atoms with Crippen molar-refractivity contribution < 1.29 is 8.78 Å². The maximum atomic E-state index is 14.1. The topological polar surface area (TPSA) is 12.0 Å². The van der Waals surface area contributed by atoms with Gasteiger partial charge in [0.25, 0.3) is 0 Å². The van der Waals surface area contributed by atoms with Crippen LogP contribution in [-0.4, -0.2) is 6.54 Å². The molecule has 2 aromatic rings. The Morgan fingerprint density at radius 2 is 1.90 bits per heavy atom. The van der Waals surface area contributed by atoms with Gasteiger partial charge in [-0.05, 0) is 42.8 Å². The number of nitrogens with one attached hydrogen (secondary N) is 1. The Morgan fingerprint density at radius 1 is 1.14 bits per heavy atom. The molecule has 21 heavy (non-hydrogen) atoms. The number of halogens is 4. The number of benzene rings is 2. The smallest absolute Gasteiger partial charge is 0.131 e. The lowest BCUT2D eigenvalue weighted by molar-refractivity contribution is 0.533. The van der Waals surface area contributed by atoms with Crippen molar-refractivity contribution in [3.8, 4) is 0 Å². The monoisotopic (exact) mass is 373 g/mol. The maximum absolute atomic E-state index is 14.1. The SMILES string of the molecule is CCCNC(c1ccc(F)cc1F)c1cc(Br)ccc1Cl. The lowest BCUT2D eigenvalue weighted by atomic mass is 9.98. The molecule has 0 saturated heterocycles. The van der Waals surface area contributed by atoms with Crippen LogP contribution in [0.15, 0.2) is 40.9 Å². The second kappa shape index (κ2) is 7.34. The molecule has 0 aliphatic heterocycles. The molecule has 0 aromatic heterocycles. The third-order valence-electron chi connectivity index (χ3n) is 3.14. The summed E-state index contributed by atoms with van der Waals surface area (Å²) in [5.41, 5.74) is 1.13. The second-order valence-corrected chi connectivity index (χ2v) is 6.04. The van der Waals surface area contributed by atoms with E-state index in [9.17, 15) is 8.78 Å². The fraction of sp³-hybridized carbons (Fsp3) is 0.250. The summed E-state index contributed by atoms with van der Waals surface area (Å²) in [7, 11) is 0. The van der Waals surface area contributed by atoms with Gasteiger partial charge in [-0.1, -0.05) is 40.5 Å². The van der Waals surface area contributed by atoms with E-state index >= 15 is 0 Å². The molecule has 0 radical (unpaired) electrons. The van der Waals surface area contributed by atoms with Crippen LogP contribution in [0.3, 0.4) is 0 Å². The molecule has 1 nitrogen and oxygen atoms in total. The first-order valence-corrected chi connectivity index (χ1v) is 7.83. The Bertz CT molecular complexity index is 634. The largest absolute Gasteiger partial charge is 0.306 e. The van der Waals surface area contributed by atoms with Crippen molar-refractivity contribution in [3.63, 3.8) is 0 Å². The van der Waals surface area contributed by atoms with Gasteiger partial charge in [-0.15, -0.1) is 0 Å². The molecule has 0 heterocycles. The quantitative estimate of drug-likeness (QED) is 0.732. The molecule has 0 amide bonds. The normalized spacial score (nSPS) is 12.4. The minimum Gasteiger partial charge on any atom is -0.306 e. The van der Waals surface area contributed by atoms with Crippen LogP contribution in [0.25, 0.3) is 0 Å². The first-order chi connectivity index (χ1) is 10.0. The van der Waals surface area contributed by atoms with E-state index < -0.39 is 17.7 Å². The van der Waals surface area contributed by atoms with Crippen LogP contribution in [0.1, 0.15) is 30.5 Å². The van der Waals surface area contributed by atoms with Crippen LogP contribution in [-0.2, 0) is 0 Å². The number of hydrogen-bond donors (Lipinski definition) is 1. The van der Waals surface area contributed by atoms with E-state index in [4.69, 9.17) is 11.6 Å². The average Bonchev–Trinajstić information content (AvgIpc) is 2.44. The van der Waals surface area contributed by atoms with Crippen molar-refractivity contribution in [3.05, 3.63) is 68.7 Å². The standard InChI is InChI=1S/C16H15BrClF2N/c1-2-7-21-16(12-5-4-11(19)9-15(12)20)13-8-10(17)3-6-14(13)18/h3-6,8-9,16,21H,2,7H2,1H3. The van der Waals surface area contributed by atoms with Gasteiger partial charge < -0.3 is 5.32 Å². The Hall–Kier alpha value is -0.970. The minimum absolute atomic E-state index is 0.379. The van der Waals surface area contributed by atoms with Crippen LogP contribution < -0.4 is 5.32 Å². The molecular formula is C16H15BrClF2N. The summed E-state index contributed by atoms with van der Waals surface area (Å²) in [4.78, 5) is 0. The van der Waals surface area contributed by atoms with Gasteiger partial charge in [0, 0.05) is 21.1 Å². The molecule has 112 valence electrons. The van der Waals surface area contributed by atoms with Gasteiger partial charge in [0.05, 0.1) is 6.04 Å². The summed E-state index contributed by atoms with van der Waals surface area (Å²) in [5.74, 6) is -1.18. The van der Waals surface area contributed by atoms with Crippen molar-refractivity contribution in [2.45, 2.75) is 19.4 Å². The van der Waals surface area contributed by atoms with E-state index in [1.54, 1.807) is 6.07 Å². The molecule has 5 heteroatoms. The summed E-state index contributed by atoms with van der Waals surface area (Å²) in [6, 6.07) is 8.60. The molecule has 0 fully saturated rings. The summed E-state index contributed by atoms with van der Waals surface area (Å²) >= 11 is 9.64. The maximum Gasteiger partial charge on any atom is 0.131 e. The summed E-state index contributed by atoms with van der Waals surface area (Å²) < 4.78 is 28.1. The highest BCUT2D eigenvalue weighted by atomic mass is 79.9. The van der Waals surface area contributed by atoms with E-state index in [-0.39, 0.29) is 0 Å². The van der Waals surface area contributed by atoms with E-state index in [1.807, 2.05) is 19.1 Å². The highest BCUT2D eigenvalue weighted by Gasteiger charge is 2.20. The molecule has 0 saturated carbocycles. The average molecular weight is 375 g/mol. The third kappa shape index (κ3) is 4.02. The summed E-state index contributed by atoms with van der Waals surface area (Å²) in [6.07, 6.45) is 0.894. The first-order valence-electron chi connectivity index (χ1n) is 6.66. The number of rotatable bonds is 5. The Labute approximate surface area is 136 Å². The van der Waals surface area contributed by atoms with Crippen molar-refractivity contribution in [1.82, 2.24) is 5.32 Å². The van der Waals surface area contributed by atoms with Crippen LogP contribution >= 0.6 is 27.5 Å². The van der Waals surface area contributed by atoms with E-state index in [0.29, 0.717) is 17.1 Å². The second-order valence-electron chi connectivity index (χ2n) is 4.72. The van der Waals surface area contributed by atoms with E-state index in [0.717, 1.165) is 22.5 Å². The number of hydrogen-bond acceptors (Lipinski definition) is 1. The Balaban J connectivity index is 2.49. The highest BCUT2D eigenvalue weighted by molar-refractivity contribution is 9.10. The van der Waals surface area contributed by atoms with Gasteiger partial charge in [0.15, 0.2) is 0 Å². The summed E-state index contributed by atoms with van der Waals surface area (Å²) in [6.45, 7) is 2.72. The molecule has 1 N–H and O–H groups in total. The fourth-order valence-electron chi connectivity index (χ4n) is 2.15. The Morgan fingerprint density at radius 3 is 2.57 bits per heavy atom. The minimum atomic E-state index is -0.592. The van der Waals surface area contributed by atoms with Gasteiger partial charge in [0.1, 0.15) is 11.6 Å². The van der Waals surface area contributed by atoms with Gasteiger partial charge in [-0.25, -0.2) is 8.78 Å². The van der Waals surface area contributed by atoms with Crippen LogP contribution in [0.5, 0.6) is 0 Å². The molecular weight excluding hydrogens is 360 g/mol. The molecule has 2 aromatic carbocycles. The van der Waals surface area contributed by atoms with Crippen LogP contribution in [0, 0.1) is 11.6 Å². The van der Waals surface area contributed by atoms with Crippen molar-refractivity contribution in [2.75, 3.05) is 6.54 Å². The summed E-state index contributed by atoms with van der Waals surface area (Å²) in [5, 5.41) is 3.80. The van der Waals surface area contributed by atoms with E-state index in [1.165, 1.54) is 12.1 Å². The van der Waals surface area contributed by atoms with Gasteiger partial charge in [0.2, 0.25) is 0 Å². The molecule has 0 spiro atoms. The van der Waals surface area contributed by atoms with Gasteiger partial charge in [-0.2, -0.15) is 0 Å². The molecule has 0 aliphatic carbocycles. The zero-order valence-corrected chi connectivity index (χ0v) is 13.8. The molecule has 0 aliphatic rings. The molecule has 1 unspecified atom stereocenters. The Kier molecular flexibility index (Phi) is 5.73. The van der Waals surface area contributed by atoms with Crippen molar-refractivity contribution in [1.29, 1.82) is 0 Å².